The van der Waals surface area contributed by atoms with E-state index in [4.69, 9.17) is 9.47 Å². The van der Waals surface area contributed by atoms with E-state index < -0.39 is 23.7 Å². The molecule has 0 spiro atoms. The molecule has 1 unspecified atom stereocenters. The van der Waals surface area contributed by atoms with E-state index in [1.807, 2.05) is 30.3 Å². The Bertz CT molecular complexity index is 1310. The molecule has 10 heteroatoms. The van der Waals surface area contributed by atoms with Crippen molar-refractivity contribution >= 4 is 41.3 Å². The number of hydrogen-bond acceptors (Lipinski definition) is 7. The second-order valence-electron chi connectivity index (χ2n) is 10.5. The molecule has 0 aliphatic carbocycles. The third kappa shape index (κ3) is 9.57. The van der Waals surface area contributed by atoms with Crippen LogP contribution in [0.2, 0.25) is 0 Å². The van der Waals surface area contributed by atoms with E-state index in [0.717, 1.165) is 5.56 Å². The van der Waals surface area contributed by atoms with Gasteiger partial charge in [0.05, 0.1) is 30.8 Å². The average Bonchev–Trinajstić information content (AvgIpc) is 3.00. The maximum Gasteiger partial charge on any atom is 0.407 e. The Hall–Kier alpha value is -3.97. The molecule has 0 aromatic heterocycles. The van der Waals surface area contributed by atoms with Crippen LogP contribution in [0.3, 0.4) is 0 Å². The van der Waals surface area contributed by atoms with E-state index in [0.29, 0.717) is 35.7 Å². The molecule has 3 rings (SSSR count). The van der Waals surface area contributed by atoms with Crippen LogP contribution in [0.25, 0.3) is 0 Å². The van der Waals surface area contributed by atoms with Gasteiger partial charge >= 0.3 is 12.1 Å². The molecule has 2 aromatic carbocycles. The number of nitrogens with zero attached hydrogens (tertiary/aromatic N) is 2. The molecular weight excluding hydrogens is 542 g/mol. The average molecular weight is 580 g/mol. The van der Waals surface area contributed by atoms with E-state index >= 15 is 0 Å². The SMILES string of the molecule is CCOC(=O)CC(C)N1CC(=O)N(Cc2ccccc2)c2ccc(C#CSCCNC(=O)OC(C)(C)C)cc2C1=O. The van der Waals surface area contributed by atoms with Gasteiger partial charge in [0.25, 0.3) is 5.91 Å². The van der Waals surface area contributed by atoms with Crippen molar-refractivity contribution in [1.29, 1.82) is 0 Å². The number of carbonyl (C=O) groups is 4. The van der Waals surface area contributed by atoms with Gasteiger partial charge < -0.3 is 24.6 Å². The van der Waals surface area contributed by atoms with Gasteiger partial charge in [-0.15, -0.1) is 0 Å². The van der Waals surface area contributed by atoms with Gasteiger partial charge in [0.2, 0.25) is 5.91 Å². The van der Waals surface area contributed by atoms with Crippen molar-refractivity contribution in [3.05, 3.63) is 65.2 Å². The minimum Gasteiger partial charge on any atom is -0.466 e. The zero-order valence-corrected chi connectivity index (χ0v) is 25.0. The lowest BCUT2D eigenvalue weighted by atomic mass is 10.1. The fourth-order valence-electron chi connectivity index (χ4n) is 4.14. The first-order chi connectivity index (χ1) is 19.5. The number of rotatable bonds is 9. The third-order valence-corrected chi connectivity index (χ3v) is 6.66. The fraction of sp³-hybridized carbons (Fsp3) is 0.419. The van der Waals surface area contributed by atoms with Gasteiger partial charge in [-0.05, 0) is 63.6 Å². The summed E-state index contributed by atoms with van der Waals surface area (Å²) in [5.74, 6) is 2.58. The highest BCUT2D eigenvalue weighted by molar-refractivity contribution is 8.03. The normalized spacial score (nSPS) is 13.9. The first-order valence-corrected chi connectivity index (χ1v) is 14.5. The zero-order chi connectivity index (χ0) is 30.0. The van der Waals surface area contributed by atoms with Crippen LogP contribution in [0.5, 0.6) is 0 Å². The summed E-state index contributed by atoms with van der Waals surface area (Å²) in [4.78, 5) is 54.2. The number of alkyl carbamates (subject to hydrolysis) is 1. The molecule has 0 bridgehead atoms. The number of benzene rings is 2. The van der Waals surface area contributed by atoms with Crippen LogP contribution in [0.4, 0.5) is 10.5 Å². The molecular formula is C31H37N3O6S. The summed E-state index contributed by atoms with van der Waals surface area (Å²) in [6.07, 6.45) is -0.499. The molecule has 1 aliphatic rings. The molecule has 218 valence electrons. The van der Waals surface area contributed by atoms with Crippen molar-refractivity contribution in [2.75, 3.05) is 30.3 Å². The molecule has 0 saturated heterocycles. The summed E-state index contributed by atoms with van der Waals surface area (Å²) in [6.45, 7) is 9.62. The van der Waals surface area contributed by atoms with Crippen LogP contribution in [-0.4, -0.2) is 65.9 Å². The predicted molar refractivity (Wildman–Crippen MR) is 159 cm³/mol. The van der Waals surface area contributed by atoms with Crippen LogP contribution in [0.1, 0.15) is 62.5 Å². The van der Waals surface area contributed by atoms with Gasteiger partial charge in [-0.3, -0.25) is 14.4 Å². The second-order valence-corrected chi connectivity index (χ2v) is 11.4. The smallest absolute Gasteiger partial charge is 0.407 e. The summed E-state index contributed by atoms with van der Waals surface area (Å²) in [5, 5.41) is 5.69. The lowest BCUT2D eigenvalue weighted by Crippen LogP contribution is -2.44. The summed E-state index contributed by atoms with van der Waals surface area (Å²) < 4.78 is 10.3. The molecule has 9 nitrogen and oxygen atoms in total. The standard InChI is InChI=1S/C31H37N3O6S/c1-6-39-28(36)18-22(2)33-21-27(35)34(20-24-10-8-7-9-11-24)26-13-12-23(19-25(26)29(33)37)14-16-41-17-15-32-30(38)40-31(3,4)5/h7-13,19,22H,6,15,17-18,20-21H2,1-5H3,(H,32,38). The van der Waals surface area contributed by atoms with E-state index in [9.17, 15) is 19.2 Å². The number of nitrogens with one attached hydrogen (secondary N) is 1. The highest BCUT2D eigenvalue weighted by atomic mass is 32.2. The Balaban J connectivity index is 1.81. The number of esters is 1. The van der Waals surface area contributed by atoms with Gasteiger partial charge in [-0.2, -0.15) is 0 Å². The number of fused-ring (bicyclic) bond motifs is 1. The molecule has 1 N–H and O–H groups in total. The Morgan fingerprint density at radius 1 is 1.12 bits per heavy atom. The van der Waals surface area contributed by atoms with Gasteiger partial charge in [-0.25, -0.2) is 4.79 Å². The molecule has 1 heterocycles. The minimum atomic E-state index is -0.562. The number of hydrogen-bond donors (Lipinski definition) is 1. The molecule has 0 saturated carbocycles. The van der Waals surface area contributed by atoms with Crippen molar-refractivity contribution in [3.8, 4) is 11.2 Å². The van der Waals surface area contributed by atoms with Crippen LogP contribution in [0.15, 0.2) is 48.5 Å². The highest BCUT2D eigenvalue weighted by Gasteiger charge is 2.35. The number of carbonyl (C=O) groups excluding carboxylic acids is 4. The van der Waals surface area contributed by atoms with E-state index in [1.165, 1.54) is 16.7 Å². The molecule has 3 amide bonds. The first kappa shape index (κ1) is 31.6. The summed E-state index contributed by atoms with van der Waals surface area (Å²) in [6, 6.07) is 14.2. The first-order valence-electron chi connectivity index (χ1n) is 13.5. The maximum absolute atomic E-state index is 13.8. The molecule has 1 atom stereocenters. The van der Waals surface area contributed by atoms with Crippen LogP contribution < -0.4 is 10.2 Å². The fourth-order valence-corrected chi connectivity index (χ4v) is 4.64. The van der Waals surface area contributed by atoms with Crippen molar-refractivity contribution in [3.63, 3.8) is 0 Å². The Morgan fingerprint density at radius 2 is 1.85 bits per heavy atom. The van der Waals surface area contributed by atoms with Crippen molar-refractivity contribution in [2.45, 2.75) is 59.2 Å². The number of ether oxygens (including phenoxy) is 2. The highest BCUT2D eigenvalue weighted by Crippen LogP contribution is 2.30. The molecule has 2 aromatic rings. The van der Waals surface area contributed by atoms with Crippen LogP contribution in [0, 0.1) is 11.2 Å². The van der Waals surface area contributed by atoms with Crippen molar-refractivity contribution < 1.29 is 28.7 Å². The number of anilines is 1. The van der Waals surface area contributed by atoms with Gasteiger partial charge in [-0.1, -0.05) is 48.0 Å². The zero-order valence-electron chi connectivity index (χ0n) is 24.2. The lowest BCUT2D eigenvalue weighted by Gasteiger charge is -2.27. The Morgan fingerprint density at radius 3 is 2.54 bits per heavy atom. The van der Waals surface area contributed by atoms with Gasteiger partial charge in [0.1, 0.15) is 12.1 Å². The molecule has 41 heavy (non-hydrogen) atoms. The summed E-state index contributed by atoms with van der Waals surface area (Å²) in [5.41, 5.74) is 1.80. The predicted octanol–water partition coefficient (Wildman–Crippen LogP) is 4.58. The van der Waals surface area contributed by atoms with Crippen LogP contribution in [-0.2, 0) is 25.6 Å². The monoisotopic (exact) mass is 579 g/mol. The van der Waals surface area contributed by atoms with E-state index in [2.05, 4.69) is 16.5 Å². The quantitative estimate of drug-likeness (QED) is 0.263. The van der Waals surface area contributed by atoms with E-state index in [-0.39, 0.29) is 31.4 Å². The maximum atomic E-state index is 13.8. The topological polar surface area (TPSA) is 105 Å². The minimum absolute atomic E-state index is 0.0195. The summed E-state index contributed by atoms with van der Waals surface area (Å²) in [7, 11) is 0. The van der Waals surface area contributed by atoms with Gasteiger partial charge in [0, 0.05) is 23.9 Å². The molecule has 0 fully saturated rings. The van der Waals surface area contributed by atoms with E-state index in [1.54, 1.807) is 57.7 Å². The van der Waals surface area contributed by atoms with Crippen LogP contribution >= 0.6 is 11.8 Å². The third-order valence-electron chi connectivity index (χ3n) is 6.01. The summed E-state index contributed by atoms with van der Waals surface area (Å²) >= 11 is 1.33. The van der Waals surface area contributed by atoms with Gasteiger partial charge in [0.15, 0.2) is 0 Å². The van der Waals surface area contributed by atoms with Crippen molar-refractivity contribution in [1.82, 2.24) is 10.2 Å². The number of amides is 3. The number of thioether (sulfide) groups is 1. The van der Waals surface area contributed by atoms with Crippen molar-refractivity contribution in [2.24, 2.45) is 0 Å². The Labute approximate surface area is 245 Å². The second kappa shape index (κ2) is 14.6. The largest absolute Gasteiger partial charge is 0.466 e. The lowest BCUT2D eigenvalue weighted by molar-refractivity contribution is -0.144. The molecule has 0 radical (unpaired) electrons. The Kier molecular flexibility index (Phi) is 11.2. The molecule has 1 aliphatic heterocycles.